The van der Waals surface area contributed by atoms with Crippen LogP contribution >= 0.6 is 0 Å². The topological polar surface area (TPSA) is 23.1 Å². The molecule has 0 atom stereocenters. The Morgan fingerprint density at radius 1 is 0.471 bits per heavy atom. The Morgan fingerprint density at radius 2 is 0.824 bits per heavy atom. The quantitative estimate of drug-likeness (QED) is 0.614. The summed E-state index contributed by atoms with van der Waals surface area (Å²) in [6.07, 6.45) is 0. The molecule has 3 rings (SSSR count). The van der Waals surface area contributed by atoms with E-state index in [1.54, 1.807) is 12.1 Å². The third kappa shape index (κ3) is 1.87. The van der Waals surface area contributed by atoms with Crippen LogP contribution in [0.25, 0.3) is 22.3 Å². The van der Waals surface area contributed by atoms with Crippen LogP contribution in [0.1, 0.15) is 0 Å². The maximum Gasteiger partial charge on any atom is -0.0184 e. The predicted octanol–water partition coefficient (Wildman–Crippen LogP) is 3.53. The van der Waals surface area contributed by atoms with Crippen molar-refractivity contribution in [2.45, 2.75) is 0 Å². The third-order valence-electron chi connectivity index (χ3n) is 2.96. The maximum atomic E-state index is 11.1. The molecule has 0 amide bonds. The van der Waals surface area contributed by atoms with E-state index in [-0.39, 0.29) is 5.75 Å². The fraction of sp³-hybridized carbons (Fsp3) is 0. The highest BCUT2D eigenvalue weighted by Gasteiger charge is 2.00. The molecule has 2 aliphatic rings. The summed E-state index contributed by atoms with van der Waals surface area (Å²) in [4.78, 5) is 0. The standard InChI is InChI=1S/C16H12O/c17-16-10-8-15(9-11-16)14-6-4-12-2-1-3-13(12)5-7-14/h1-11,17H/p-1. The van der Waals surface area contributed by atoms with Gasteiger partial charge in [-0.3, -0.25) is 0 Å². The molecule has 0 radical (unpaired) electrons. The highest BCUT2D eigenvalue weighted by Crippen LogP contribution is 2.26. The molecule has 1 aromatic carbocycles. The van der Waals surface area contributed by atoms with Crippen molar-refractivity contribution in [3.8, 4) is 28.0 Å². The Hall–Kier alpha value is -2.28. The van der Waals surface area contributed by atoms with Crippen molar-refractivity contribution in [3.63, 3.8) is 0 Å². The summed E-state index contributed by atoms with van der Waals surface area (Å²) in [6, 6.07) is 21.6. The van der Waals surface area contributed by atoms with Crippen LogP contribution in [0.4, 0.5) is 0 Å². The van der Waals surface area contributed by atoms with Crippen molar-refractivity contribution < 1.29 is 5.11 Å². The fourth-order valence-corrected chi connectivity index (χ4v) is 2.01. The van der Waals surface area contributed by atoms with Crippen molar-refractivity contribution >= 4 is 0 Å². The highest BCUT2D eigenvalue weighted by molar-refractivity contribution is 5.71. The molecule has 0 spiro atoms. The summed E-state index contributed by atoms with van der Waals surface area (Å²) < 4.78 is 0. The van der Waals surface area contributed by atoms with Gasteiger partial charge in [0.2, 0.25) is 0 Å². The van der Waals surface area contributed by atoms with Crippen LogP contribution < -0.4 is 5.11 Å². The van der Waals surface area contributed by atoms with E-state index >= 15 is 0 Å². The minimum Gasteiger partial charge on any atom is -0.872 e. The second kappa shape index (κ2) is 3.95. The lowest BCUT2D eigenvalue weighted by atomic mass is 10.1. The van der Waals surface area contributed by atoms with Gasteiger partial charge in [0.15, 0.2) is 0 Å². The minimum absolute atomic E-state index is 0.0489. The molecule has 0 saturated carbocycles. The molecule has 0 heterocycles. The molecule has 1 nitrogen and oxygen atoms in total. The van der Waals surface area contributed by atoms with Crippen molar-refractivity contribution in [3.05, 3.63) is 66.7 Å². The molecule has 0 aromatic heterocycles. The van der Waals surface area contributed by atoms with E-state index in [1.165, 1.54) is 11.1 Å². The number of rotatable bonds is 1. The van der Waals surface area contributed by atoms with Gasteiger partial charge >= 0.3 is 0 Å². The second-order valence-corrected chi connectivity index (χ2v) is 4.08. The monoisotopic (exact) mass is 219 g/mol. The molecule has 0 bridgehead atoms. The lowest BCUT2D eigenvalue weighted by molar-refractivity contribution is -0.268. The van der Waals surface area contributed by atoms with Gasteiger partial charge in [-0.05, 0) is 22.3 Å². The zero-order chi connectivity index (χ0) is 11.7. The van der Waals surface area contributed by atoms with Gasteiger partial charge < -0.3 is 5.11 Å². The summed E-state index contributed by atoms with van der Waals surface area (Å²) in [5, 5.41) is 11.1. The van der Waals surface area contributed by atoms with Gasteiger partial charge in [-0.25, -0.2) is 0 Å². The van der Waals surface area contributed by atoms with Gasteiger partial charge in [-0.1, -0.05) is 66.7 Å². The molecule has 0 saturated heterocycles. The Kier molecular flexibility index (Phi) is 2.30. The van der Waals surface area contributed by atoms with Crippen molar-refractivity contribution in [2.24, 2.45) is 0 Å². The Labute approximate surface area is 100 Å². The average molecular weight is 219 g/mol. The lowest BCUT2D eigenvalue weighted by Crippen LogP contribution is -1.87. The van der Waals surface area contributed by atoms with E-state index in [4.69, 9.17) is 0 Å². The van der Waals surface area contributed by atoms with Gasteiger partial charge in [0.05, 0.1) is 0 Å². The molecule has 1 heteroatoms. The van der Waals surface area contributed by atoms with Crippen LogP contribution in [-0.4, -0.2) is 0 Å². The molecule has 0 aliphatic heterocycles. The third-order valence-corrected chi connectivity index (χ3v) is 2.96. The predicted molar refractivity (Wildman–Crippen MR) is 67.9 cm³/mol. The summed E-state index contributed by atoms with van der Waals surface area (Å²) in [5.41, 5.74) is 4.66. The molecule has 0 fully saturated rings. The van der Waals surface area contributed by atoms with E-state index in [2.05, 4.69) is 42.5 Å². The zero-order valence-corrected chi connectivity index (χ0v) is 9.26. The molecule has 1 aromatic rings. The van der Waals surface area contributed by atoms with Crippen molar-refractivity contribution in [2.75, 3.05) is 0 Å². The van der Waals surface area contributed by atoms with Gasteiger partial charge in [0.25, 0.3) is 0 Å². The molecular formula is C16H11O-. The van der Waals surface area contributed by atoms with Gasteiger partial charge in [-0.15, -0.1) is 5.75 Å². The first kappa shape index (κ1) is 9.91. The number of benzene rings is 1. The Balaban J connectivity index is 2.11. The lowest BCUT2D eigenvalue weighted by Gasteiger charge is -2.05. The summed E-state index contributed by atoms with van der Waals surface area (Å²) >= 11 is 0. The maximum absolute atomic E-state index is 11.1. The van der Waals surface area contributed by atoms with Crippen LogP contribution in [0.5, 0.6) is 5.75 Å². The van der Waals surface area contributed by atoms with E-state index in [0.717, 1.165) is 11.1 Å². The molecule has 0 unspecified atom stereocenters. The highest BCUT2D eigenvalue weighted by atomic mass is 16.3. The first-order valence-electron chi connectivity index (χ1n) is 5.59. The molecule has 17 heavy (non-hydrogen) atoms. The summed E-state index contributed by atoms with van der Waals surface area (Å²) in [7, 11) is 0. The van der Waals surface area contributed by atoms with Gasteiger partial charge in [0, 0.05) is 0 Å². The van der Waals surface area contributed by atoms with Crippen LogP contribution in [0.2, 0.25) is 0 Å². The number of fused-ring (bicyclic) bond motifs is 1. The van der Waals surface area contributed by atoms with Gasteiger partial charge in [-0.2, -0.15) is 0 Å². The Morgan fingerprint density at radius 3 is 1.29 bits per heavy atom. The van der Waals surface area contributed by atoms with E-state index in [1.807, 2.05) is 12.1 Å². The normalized spacial score (nSPS) is 10.6. The van der Waals surface area contributed by atoms with Crippen LogP contribution in [0.15, 0.2) is 66.7 Å². The van der Waals surface area contributed by atoms with E-state index < -0.39 is 0 Å². The SMILES string of the molecule is [O-]c1ccc(-c2ccc3cccc-3cc2)cc1. The largest absolute Gasteiger partial charge is 0.872 e. The average Bonchev–Trinajstić information content (AvgIpc) is 2.70. The number of hydrogen-bond donors (Lipinski definition) is 0. The minimum atomic E-state index is 0.0489. The second-order valence-electron chi connectivity index (χ2n) is 4.08. The number of hydrogen-bond acceptors (Lipinski definition) is 1. The summed E-state index contributed by atoms with van der Waals surface area (Å²) in [5.74, 6) is 0.0489. The van der Waals surface area contributed by atoms with E-state index in [9.17, 15) is 5.11 Å². The smallest absolute Gasteiger partial charge is 0.0184 e. The van der Waals surface area contributed by atoms with Crippen LogP contribution in [0.3, 0.4) is 0 Å². The first-order valence-corrected chi connectivity index (χ1v) is 5.59. The summed E-state index contributed by atoms with van der Waals surface area (Å²) in [6.45, 7) is 0. The van der Waals surface area contributed by atoms with Gasteiger partial charge in [0.1, 0.15) is 0 Å². The first-order chi connectivity index (χ1) is 8.33. The zero-order valence-electron chi connectivity index (χ0n) is 9.26. The van der Waals surface area contributed by atoms with Crippen molar-refractivity contribution in [1.82, 2.24) is 0 Å². The van der Waals surface area contributed by atoms with Crippen LogP contribution in [0, 0.1) is 0 Å². The van der Waals surface area contributed by atoms with Crippen molar-refractivity contribution in [1.29, 1.82) is 0 Å². The molecular weight excluding hydrogens is 208 g/mol. The Bertz CT molecular complexity index is 580. The molecule has 82 valence electrons. The van der Waals surface area contributed by atoms with E-state index in [0.29, 0.717) is 0 Å². The molecule has 0 N–H and O–H groups in total. The fourth-order valence-electron chi connectivity index (χ4n) is 2.01. The van der Waals surface area contributed by atoms with Crippen LogP contribution in [-0.2, 0) is 0 Å². The molecule has 2 aliphatic carbocycles.